The van der Waals surface area contributed by atoms with Gasteiger partial charge in [-0.05, 0) is 20.5 Å². The molecule has 0 fully saturated rings. The lowest BCUT2D eigenvalue weighted by Gasteiger charge is -2.22. The minimum atomic E-state index is -0.185. The Labute approximate surface area is 61.6 Å². The van der Waals surface area contributed by atoms with Crippen LogP contribution in [0.4, 0.5) is 0 Å². The maximum Gasteiger partial charge on any atom is 0.0747 e. The van der Waals surface area contributed by atoms with Crippen LogP contribution in [0.2, 0.25) is 0 Å². The van der Waals surface area contributed by atoms with Crippen molar-refractivity contribution in [3.05, 3.63) is 0 Å². The smallest absolute Gasteiger partial charge is 0.0747 e. The molecule has 2 N–H and O–H groups in total. The number of hydrogen-bond donors (Lipinski definition) is 2. The summed E-state index contributed by atoms with van der Waals surface area (Å²) in [6, 6.07) is -0.185. The third kappa shape index (κ3) is 3.79. The first-order chi connectivity index (χ1) is 4.57. The molecule has 0 aliphatic heterocycles. The second-order valence-electron chi connectivity index (χ2n) is 2.64. The molecule has 0 bridgehead atoms. The molecule has 0 rings (SSSR count). The summed E-state index contributed by atoms with van der Waals surface area (Å²) in [6.07, 6.45) is 0.727. The quantitative estimate of drug-likeness (QED) is 0.567. The zero-order valence-corrected chi connectivity index (χ0v) is 6.78. The van der Waals surface area contributed by atoms with E-state index in [-0.39, 0.29) is 11.3 Å². The van der Waals surface area contributed by atoms with E-state index in [4.69, 9.17) is 10.4 Å². The highest BCUT2D eigenvalue weighted by molar-refractivity contribution is 4.60. The number of hydrogen-bond acceptors (Lipinski definition) is 4. The van der Waals surface area contributed by atoms with Gasteiger partial charge in [0.05, 0.1) is 6.04 Å². The SMILES string of the molecule is CCC(CN(C)C)N(O)O. The van der Waals surface area contributed by atoms with Crippen LogP contribution in [0.3, 0.4) is 0 Å². The lowest BCUT2D eigenvalue weighted by atomic mass is 10.2. The molecule has 0 amide bonds. The summed E-state index contributed by atoms with van der Waals surface area (Å²) in [7, 11) is 3.79. The van der Waals surface area contributed by atoms with Crippen molar-refractivity contribution in [2.24, 2.45) is 0 Å². The molecule has 62 valence electrons. The van der Waals surface area contributed by atoms with E-state index in [1.807, 2.05) is 25.9 Å². The Kier molecular flexibility index (Phi) is 4.55. The highest BCUT2D eigenvalue weighted by Crippen LogP contribution is 1.98. The molecule has 0 radical (unpaired) electrons. The summed E-state index contributed by atoms with van der Waals surface area (Å²) in [5, 5.41) is 17.5. The molecule has 4 nitrogen and oxygen atoms in total. The second-order valence-corrected chi connectivity index (χ2v) is 2.64. The summed E-state index contributed by atoms with van der Waals surface area (Å²) < 4.78 is 0. The van der Waals surface area contributed by atoms with Crippen LogP contribution in [-0.4, -0.2) is 47.2 Å². The summed E-state index contributed by atoms with van der Waals surface area (Å²) in [6.45, 7) is 2.57. The second kappa shape index (κ2) is 4.62. The Morgan fingerprint density at radius 3 is 1.90 bits per heavy atom. The van der Waals surface area contributed by atoms with Crippen molar-refractivity contribution >= 4 is 0 Å². The van der Waals surface area contributed by atoms with Crippen LogP contribution in [0, 0.1) is 0 Å². The van der Waals surface area contributed by atoms with Crippen molar-refractivity contribution < 1.29 is 10.4 Å². The Balaban J connectivity index is 3.60. The molecule has 4 heteroatoms. The van der Waals surface area contributed by atoms with Crippen LogP contribution in [0.15, 0.2) is 0 Å². The molecule has 1 atom stereocenters. The molecule has 0 aromatic heterocycles. The fourth-order valence-corrected chi connectivity index (χ4v) is 0.787. The van der Waals surface area contributed by atoms with Crippen molar-refractivity contribution in [1.29, 1.82) is 0 Å². The first-order valence-electron chi connectivity index (χ1n) is 3.39. The van der Waals surface area contributed by atoms with Crippen LogP contribution in [-0.2, 0) is 0 Å². The lowest BCUT2D eigenvalue weighted by molar-refractivity contribution is -0.332. The first-order valence-corrected chi connectivity index (χ1v) is 3.39. The summed E-state index contributed by atoms with van der Waals surface area (Å²) in [5.74, 6) is 0. The summed E-state index contributed by atoms with van der Waals surface area (Å²) in [5.41, 5.74) is 0. The van der Waals surface area contributed by atoms with E-state index in [0.29, 0.717) is 6.54 Å². The molecule has 0 saturated heterocycles. The summed E-state index contributed by atoms with van der Waals surface area (Å²) >= 11 is 0. The topological polar surface area (TPSA) is 46.9 Å². The Hall–Kier alpha value is -0.160. The predicted molar refractivity (Wildman–Crippen MR) is 38.0 cm³/mol. The van der Waals surface area contributed by atoms with Gasteiger partial charge in [-0.15, -0.1) is 0 Å². The third-order valence-electron chi connectivity index (χ3n) is 1.37. The van der Waals surface area contributed by atoms with E-state index >= 15 is 0 Å². The molecule has 0 aliphatic rings. The van der Waals surface area contributed by atoms with E-state index in [1.54, 1.807) is 0 Å². The first kappa shape index (κ1) is 9.84. The van der Waals surface area contributed by atoms with Crippen molar-refractivity contribution in [3.8, 4) is 0 Å². The Morgan fingerprint density at radius 1 is 1.30 bits per heavy atom. The minimum Gasteiger partial charge on any atom is -0.308 e. The highest BCUT2D eigenvalue weighted by Gasteiger charge is 2.12. The fraction of sp³-hybridized carbons (Fsp3) is 1.00. The molecule has 0 aromatic rings. The lowest BCUT2D eigenvalue weighted by Crippen LogP contribution is -2.37. The van der Waals surface area contributed by atoms with Gasteiger partial charge in [0.2, 0.25) is 0 Å². The van der Waals surface area contributed by atoms with E-state index in [9.17, 15) is 0 Å². The molecule has 0 aliphatic carbocycles. The monoisotopic (exact) mass is 148 g/mol. The molecule has 10 heavy (non-hydrogen) atoms. The summed E-state index contributed by atoms with van der Waals surface area (Å²) in [4.78, 5) is 1.91. The van der Waals surface area contributed by atoms with Gasteiger partial charge in [-0.25, -0.2) is 0 Å². The molecule has 1 unspecified atom stereocenters. The van der Waals surface area contributed by atoms with Gasteiger partial charge in [-0.1, -0.05) is 12.2 Å². The van der Waals surface area contributed by atoms with Gasteiger partial charge in [-0.3, -0.25) is 10.4 Å². The van der Waals surface area contributed by atoms with E-state index < -0.39 is 0 Å². The molecule has 0 heterocycles. The molecule has 0 saturated carbocycles. The highest BCUT2D eigenvalue weighted by atomic mass is 16.8. The van der Waals surface area contributed by atoms with Crippen molar-refractivity contribution in [1.82, 2.24) is 10.1 Å². The number of hydroxylamine groups is 2. The molecule has 0 spiro atoms. The van der Waals surface area contributed by atoms with Gasteiger partial charge in [0.25, 0.3) is 0 Å². The maximum absolute atomic E-state index is 8.62. The fourth-order valence-electron chi connectivity index (χ4n) is 0.787. The maximum atomic E-state index is 8.62. The molecule has 0 aromatic carbocycles. The predicted octanol–water partition coefficient (Wildman–Crippen LogP) is 0.407. The van der Waals surface area contributed by atoms with E-state index in [2.05, 4.69) is 0 Å². The van der Waals surface area contributed by atoms with Crippen LogP contribution in [0.1, 0.15) is 13.3 Å². The van der Waals surface area contributed by atoms with E-state index in [1.165, 1.54) is 0 Å². The molecular formula is C6H16N2O2. The minimum absolute atomic E-state index is 0.185. The number of rotatable bonds is 4. The third-order valence-corrected chi connectivity index (χ3v) is 1.37. The zero-order valence-electron chi connectivity index (χ0n) is 6.78. The molecular weight excluding hydrogens is 132 g/mol. The van der Waals surface area contributed by atoms with Crippen LogP contribution >= 0.6 is 0 Å². The van der Waals surface area contributed by atoms with Crippen molar-refractivity contribution in [3.63, 3.8) is 0 Å². The van der Waals surface area contributed by atoms with Gasteiger partial charge in [-0.2, -0.15) is 0 Å². The standard InChI is InChI=1S/C6H16N2O2/c1-4-6(8(9)10)5-7(2)3/h6,9-10H,4-5H2,1-3H3. The van der Waals surface area contributed by atoms with Gasteiger partial charge < -0.3 is 4.90 Å². The van der Waals surface area contributed by atoms with Gasteiger partial charge in [0.15, 0.2) is 0 Å². The average Bonchev–Trinajstić information content (AvgIpc) is 1.81. The number of nitrogens with zero attached hydrogens (tertiary/aromatic N) is 2. The Bertz CT molecular complexity index is 85.8. The van der Waals surface area contributed by atoms with Gasteiger partial charge in [0, 0.05) is 6.54 Å². The normalized spacial score (nSPS) is 14.7. The zero-order chi connectivity index (χ0) is 8.15. The average molecular weight is 148 g/mol. The van der Waals surface area contributed by atoms with Gasteiger partial charge >= 0.3 is 0 Å². The largest absolute Gasteiger partial charge is 0.308 e. The van der Waals surface area contributed by atoms with Crippen LogP contribution < -0.4 is 0 Å². The number of likely N-dealkylation sites (N-methyl/N-ethyl adjacent to an activating group) is 1. The van der Waals surface area contributed by atoms with Crippen molar-refractivity contribution in [2.45, 2.75) is 19.4 Å². The van der Waals surface area contributed by atoms with Gasteiger partial charge in [0.1, 0.15) is 0 Å². The van der Waals surface area contributed by atoms with Crippen LogP contribution in [0.5, 0.6) is 0 Å². The van der Waals surface area contributed by atoms with Crippen LogP contribution in [0.25, 0.3) is 0 Å². The van der Waals surface area contributed by atoms with E-state index in [0.717, 1.165) is 6.42 Å². The van der Waals surface area contributed by atoms with Crippen molar-refractivity contribution in [2.75, 3.05) is 20.6 Å². The Morgan fingerprint density at radius 2 is 1.80 bits per heavy atom.